The molecule has 3 fully saturated rings. The van der Waals surface area contributed by atoms with E-state index < -0.39 is 23.4 Å². The van der Waals surface area contributed by atoms with E-state index in [9.17, 15) is 22.8 Å². The van der Waals surface area contributed by atoms with Crippen LogP contribution in [0.15, 0.2) is 23.1 Å². The molecule has 2 N–H and O–H groups in total. The minimum absolute atomic E-state index is 0.0467. The standard InChI is InChI=1S/C27H32F3N7O3/c1-15-22(36-40-35-15)24(39)32-14-26(5-7-27(29,30)8-6-26)20-13-37-9-4-19(33-25(37)34-20)12-31-23(38)21(16-2-3-16)17-10-18(28)11-17/h4,9,13,16-18,21H,2-3,5-8,10-12,14H2,1H3,(H,31,38)(H,32,39)/t17?,18?,21-/m0/s1. The van der Waals surface area contributed by atoms with Gasteiger partial charge in [-0.3, -0.25) is 14.0 Å². The number of imidazole rings is 1. The predicted octanol–water partition coefficient (Wildman–Crippen LogP) is 3.69. The first-order chi connectivity index (χ1) is 19.1. The lowest BCUT2D eigenvalue weighted by molar-refractivity contribution is -0.130. The molecule has 0 saturated heterocycles. The molecule has 0 aliphatic heterocycles. The van der Waals surface area contributed by atoms with E-state index in [0.29, 0.717) is 41.6 Å². The van der Waals surface area contributed by atoms with Crippen LogP contribution in [0.25, 0.3) is 5.78 Å². The van der Waals surface area contributed by atoms with Crippen molar-refractivity contribution in [3.8, 4) is 0 Å². The number of carbonyl (C=O) groups excluding carboxylic acids is 2. The van der Waals surface area contributed by atoms with Crippen LogP contribution in [0.1, 0.15) is 78.9 Å². The lowest BCUT2D eigenvalue weighted by Crippen LogP contribution is -2.45. The lowest BCUT2D eigenvalue weighted by atomic mass is 9.70. The monoisotopic (exact) mass is 559 g/mol. The number of halogens is 3. The second-order valence-electron chi connectivity index (χ2n) is 11.7. The van der Waals surface area contributed by atoms with Crippen LogP contribution in [-0.2, 0) is 16.8 Å². The fraction of sp³-hybridized carbons (Fsp3) is 0.630. The van der Waals surface area contributed by atoms with E-state index in [1.165, 1.54) is 0 Å². The van der Waals surface area contributed by atoms with E-state index >= 15 is 0 Å². The number of rotatable bonds is 9. The zero-order valence-corrected chi connectivity index (χ0v) is 22.2. The summed E-state index contributed by atoms with van der Waals surface area (Å²) < 4.78 is 48.0. The molecule has 3 aromatic rings. The Kier molecular flexibility index (Phi) is 6.78. The normalized spacial score (nSPS) is 24.3. The molecule has 2 amide bonds. The number of fused-ring (bicyclic) bond motifs is 1. The first kappa shape index (κ1) is 26.7. The predicted molar refractivity (Wildman–Crippen MR) is 135 cm³/mol. The van der Waals surface area contributed by atoms with Gasteiger partial charge in [-0.25, -0.2) is 27.8 Å². The molecule has 0 aromatic carbocycles. The Morgan fingerprint density at radius 3 is 2.50 bits per heavy atom. The van der Waals surface area contributed by atoms with Crippen LogP contribution in [0.4, 0.5) is 13.2 Å². The molecule has 0 unspecified atom stereocenters. The molecular formula is C27H32F3N7O3. The summed E-state index contributed by atoms with van der Waals surface area (Å²) in [6.45, 7) is 1.89. The highest BCUT2D eigenvalue weighted by molar-refractivity contribution is 5.93. The molecule has 40 heavy (non-hydrogen) atoms. The van der Waals surface area contributed by atoms with Crippen molar-refractivity contribution in [2.45, 2.75) is 82.3 Å². The molecule has 3 aromatic heterocycles. The van der Waals surface area contributed by atoms with Crippen LogP contribution in [-0.4, -0.2) is 55.1 Å². The van der Waals surface area contributed by atoms with Crippen molar-refractivity contribution >= 4 is 17.6 Å². The van der Waals surface area contributed by atoms with E-state index in [1.54, 1.807) is 29.8 Å². The lowest BCUT2D eigenvalue weighted by Gasteiger charge is -2.39. The van der Waals surface area contributed by atoms with Crippen molar-refractivity contribution < 1.29 is 27.4 Å². The summed E-state index contributed by atoms with van der Waals surface area (Å²) in [5.74, 6) is -2.65. The van der Waals surface area contributed by atoms with Gasteiger partial charge < -0.3 is 10.6 Å². The highest BCUT2D eigenvalue weighted by Gasteiger charge is 2.47. The van der Waals surface area contributed by atoms with Crippen LogP contribution in [0.5, 0.6) is 0 Å². The highest BCUT2D eigenvalue weighted by atomic mass is 19.3. The average molecular weight is 560 g/mol. The second kappa shape index (κ2) is 10.2. The molecule has 1 atom stereocenters. The van der Waals surface area contributed by atoms with Gasteiger partial charge in [0.2, 0.25) is 17.6 Å². The number of amides is 2. The molecule has 13 heteroatoms. The van der Waals surface area contributed by atoms with Crippen molar-refractivity contribution in [1.82, 2.24) is 35.3 Å². The molecule has 3 aliphatic carbocycles. The van der Waals surface area contributed by atoms with Gasteiger partial charge in [0.25, 0.3) is 5.91 Å². The minimum Gasteiger partial charge on any atom is -0.350 e. The van der Waals surface area contributed by atoms with Gasteiger partial charge in [0.05, 0.1) is 17.9 Å². The number of carbonyl (C=O) groups is 2. The van der Waals surface area contributed by atoms with Crippen LogP contribution < -0.4 is 10.6 Å². The third kappa shape index (κ3) is 5.29. The SMILES string of the molecule is Cc1nonc1C(=O)NCC1(c2cn3ccc(CNC(=O)[C@@H](C4CC4)C4CC(F)C4)nc3n2)CCC(F)(F)CC1. The Bertz CT molecular complexity index is 1400. The summed E-state index contributed by atoms with van der Waals surface area (Å²) in [6.07, 6.45) is 5.29. The molecule has 3 saturated carbocycles. The molecule has 3 aliphatic rings. The fourth-order valence-electron chi connectivity index (χ4n) is 6.10. The molecule has 0 spiro atoms. The zero-order chi connectivity index (χ0) is 28.1. The Morgan fingerprint density at radius 1 is 1.10 bits per heavy atom. The van der Waals surface area contributed by atoms with Gasteiger partial charge in [0, 0.05) is 43.1 Å². The van der Waals surface area contributed by atoms with Crippen LogP contribution in [0.3, 0.4) is 0 Å². The summed E-state index contributed by atoms with van der Waals surface area (Å²) in [7, 11) is 0. The van der Waals surface area contributed by atoms with Crippen LogP contribution in [0.2, 0.25) is 0 Å². The van der Waals surface area contributed by atoms with Gasteiger partial charge in [-0.2, -0.15) is 0 Å². The molecule has 214 valence electrons. The number of alkyl halides is 3. The fourth-order valence-corrected chi connectivity index (χ4v) is 6.10. The van der Waals surface area contributed by atoms with Crippen LogP contribution in [0, 0.1) is 24.7 Å². The number of nitrogens with one attached hydrogen (secondary N) is 2. The van der Waals surface area contributed by atoms with Gasteiger partial charge >= 0.3 is 0 Å². The van der Waals surface area contributed by atoms with Gasteiger partial charge in [-0.1, -0.05) is 5.16 Å². The summed E-state index contributed by atoms with van der Waals surface area (Å²) >= 11 is 0. The van der Waals surface area contributed by atoms with E-state index in [4.69, 9.17) is 0 Å². The van der Waals surface area contributed by atoms with Gasteiger partial charge in [0.1, 0.15) is 11.9 Å². The van der Waals surface area contributed by atoms with Gasteiger partial charge in [0.15, 0.2) is 5.69 Å². The first-order valence-electron chi connectivity index (χ1n) is 13.8. The third-order valence-corrected chi connectivity index (χ3v) is 8.82. The number of hydrogen-bond acceptors (Lipinski definition) is 7. The summed E-state index contributed by atoms with van der Waals surface area (Å²) in [5, 5.41) is 13.0. The molecular weight excluding hydrogens is 527 g/mol. The number of aryl methyl sites for hydroxylation is 1. The third-order valence-electron chi connectivity index (χ3n) is 8.82. The molecule has 3 heterocycles. The minimum atomic E-state index is -2.77. The quantitative estimate of drug-likeness (QED) is 0.409. The summed E-state index contributed by atoms with van der Waals surface area (Å²) in [5.41, 5.74) is 0.730. The molecule has 0 radical (unpaired) electrons. The highest BCUT2D eigenvalue weighted by Crippen LogP contribution is 2.48. The smallest absolute Gasteiger partial charge is 0.275 e. The topological polar surface area (TPSA) is 127 Å². The zero-order valence-electron chi connectivity index (χ0n) is 22.2. The molecule has 0 bridgehead atoms. The number of hydrogen-bond donors (Lipinski definition) is 2. The Balaban J connectivity index is 1.17. The van der Waals surface area contributed by atoms with Crippen LogP contribution >= 0.6 is 0 Å². The number of aromatic nitrogens is 5. The first-order valence-corrected chi connectivity index (χ1v) is 13.8. The second-order valence-corrected chi connectivity index (χ2v) is 11.7. The largest absolute Gasteiger partial charge is 0.350 e. The van der Waals surface area contributed by atoms with E-state index in [-0.39, 0.29) is 62.2 Å². The number of nitrogens with zero attached hydrogens (tertiary/aromatic N) is 5. The van der Waals surface area contributed by atoms with E-state index in [2.05, 4.69) is 35.5 Å². The van der Waals surface area contributed by atoms with Crippen molar-refractivity contribution in [3.05, 3.63) is 41.2 Å². The van der Waals surface area contributed by atoms with Crippen molar-refractivity contribution in [3.63, 3.8) is 0 Å². The molecule has 6 rings (SSSR count). The summed E-state index contributed by atoms with van der Waals surface area (Å²) in [4.78, 5) is 34.9. The maximum atomic E-state index is 14.1. The maximum absolute atomic E-state index is 14.1. The van der Waals surface area contributed by atoms with Gasteiger partial charge in [-0.15, -0.1) is 0 Å². The Hall–Kier alpha value is -3.51. The van der Waals surface area contributed by atoms with E-state index in [1.807, 2.05) is 0 Å². The van der Waals surface area contributed by atoms with Gasteiger partial charge in [-0.05, 0) is 68.5 Å². The van der Waals surface area contributed by atoms with Crippen molar-refractivity contribution in [1.29, 1.82) is 0 Å². The maximum Gasteiger partial charge on any atom is 0.275 e. The Labute approximate surface area is 228 Å². The molecule has 10 nitrogen and oxygen atoms in total. The van der Waals surface area contributed by atoms with Crippen molar-refractivity contribution in [2.24, 2.45) is 17.8 Å². The van der Waals surface area contributed by atoms with Crippen molar-refractivity contribution in [2.75, 3.05) is 6.54 Å². The summed E-state index contributed by atoms with van der Waals surface area (Å²) in [6, 6.07) is 1.77. The Morgan fingerprint density at radius 2 is 1.85 bits per heavy atom. The average Bonchev–Trinajstić information content (AvgIpc) is 3.49. The van der Waals surface area contributed by atoms with E-state index in [0.717, 1.165) is 12.8 Å².